The zero-order chi connectivity index (χ0) is 15.5. The van der Waals surface area contributed by atoms with Crippen LogP contribution in [0.2, 0.25) is 0 Å². The summed E-state index contributed by atoms with van der Waals surface area (Å²) in [5.41, 5.74) is 1.08. The third-order valence-electron chi connectivity index (χ3n) is 3.89. The molecule has 1 unspecified atom stereocenters. The fourth-order valence-electron chi connectivity index (χ4n) is 2.64. The highest BCUT2D eigenvalue weighted by molar-refractivity contribution is 9.11. The minimum absolute atomic E-state index is 0.141. The van der Waals surface area contributed by atoms with Crippen molar-refractivity contribution in [3.8, 4) is 0 Å². The van der Waals surface area contributed by atoms with Crippen molar-refractivity contribution in [2.75, 3.05) is 7.05 Å². The molecule has 0 aliphatic heterocycles. The molecule has 0 spiro atoms. The number of hydrogen-bond acceptors (Lipinski definition) is 2. The van der Waals surface area contributed by atoms with Crippen LogP contribution in [0.5, 0.6) is 0 Å². The van der Waals surface area contributed by atoms with Crippen molar-refractivity contribution in [1.82, 2.24) is 5.32 Å². The summed E-state index contributed by atoms with van der Waals surface area (Å²) < 4.78 is 1.13. The van der Waals surface area contributed by atoms with Crippen molar-refractivity contribution >= 4 is 33.2 Å². The van der Waals surface area contributed by atoms with E-state index >= 15 is 0 Å². The molecule has 1 saturated carbocycles. The van der Waals surface area contributed by atoms with E-state index in [4.69, 9.17) is 0 Å². The van der Waals surface area contributed by atoms with Gasteiger partial charge in [0.1, 0.15) is 6.54 Å². The average molecular weight is 380 g/mol. The van der Waals surface area contributed by atoms with Crippen LogP contribution >= 0.6 is 27.3 Å². The molecule has 3 nitrogen and oxygen atoms in total. The monoisotopic (exact) mass is 379 g/mol. The van der Waals surface area contributed by atoms with E-state index in [0.717, 1.165) is 28.7 Å². The van der Waals surface area contributed by atoms with Crippen molar-refractivity contribution in [2.24, 2.45) is 0 Å². The zero-order valence-corrected chi connectivity index (χ0v) is 14.9. The SMILES string of the molecule is C[NH+](Cc1ccc(Br)s1)[C@@H](C(=O)NC1CC1)c1ccccc1. The number of halogens is 1. The molecule has 22 heavy (non-hydrogen) atoms. The number of thiophene rings is 1. The molecule has 0 bridgehead atoms. The molecule has 1 aliphatic carbocycles. The van der Waals surface area contributed by atoms with Gasteiger partial charge in [-0.2, -0.15) is 0 Å². The number of quaternary nitrogens is 1. The lowest BCUT2D eigenvalue weighted by Gasteiger charge is -2.24. The molecule has 1 aromatic heterocycles. The van der Waals surface area contributed by atoms with Crippen molar-refractivity contribution in [1.29, 1.82) is 0 Å². The van der Waals surface area contributed by atoms with Gasteiger partial charge in [-0.25, -0.2) is 0 Å². The number of benzene rings is 1. The topological polar surface area (TPSA) is 33.5 Å². The van der Waals surface area contributed by atoms with Gasteiger partial charge in [0.2, 0.25) is 0 Å². The third kappa shape index (κ3) is 3.97. The van der Waals surface area contributed by atoms with E-state index in [1.165, 1.54) is 9.78 Å². The largest absolute Gasteiger partial charge is 0.348 e. The van der Waals surface area contributed by atoms with Crippen molar-refractivity contribution in [3.05, 3.63) is 56.7 Å². The van der Waals surface area contributed by atoms with E-state index in [9.17, 15) is 4.79 Å². The summed E-state index contributed by atoms with van der Waals surface area (Å²) in [6.07, 6.45) is 2.23. The van der Waals surface area contributed by atoms with Crippen LogP contribution in [0.3, 0.4) is 0 Å². The van der Waals surface area contributed by atoms with E-state index in [2.05, 4.69) is 40.4 Å². The first kappa shape index (κ1) is 15.7. The molecule has 5 heteroatoms. The molecule has 0 saturated heterocycles. The number of carbonyl (C=O) groups excluding carboxylic acids is 1. The molecule has 1 aromatic carbocycles. The summed E-state index contributed by atoms with van der Waals surface area (Å²) in [4.78, 5) is 15.2. The van der Waals surface area contributed by atoms with Gasteiger partial charge in [0.05, 0.1) is 15.7 Å². The van der Waals surface area contributed by atoms with Crippen molar-refractivity contribution in [3.63, 3.8) is 0 Å². The van der Waals surface area contributed by atoms with Crippen LogP contribution in [-0.2, 0) is 11.3 Å². The van der Waals surface area contributed by atoms with Crippen LogP contribution < -0.4 is 10.2 Å². The minimum Gasteiger partial charge on any atom is -0.348 e. The molecule has 0 radical (unpaired) electrons. The highest BCUT2D eigenvalue weighted by atomic mass is 79.9. The maximum atomic E-state index is 12.7. The van der Waals surface area contributed by atoms with Crippen LogP contribution in [0.4, 0.5) is 0 Å². The van der Waals surface area contributed by atoms with Crippen LogP contribution in [-0.4, -0.2) is 19.0 Å². The number of nitrogens with one attached hydrogen (secondary N) is 2. The molecule has 2 aromatic rings. The summed E-state index contributed by atoms with van der Waals surface area (Å²) in [6, 6.07) is 14.5. The standard InChI is InChI=1S/C17H19BrN2OS/c1-20(11-14-9-10-15(18)22-14)16(12-5-3-2-4-6-12)17(21)19-13-7-8-13/h2-6,9-10,13,16H,7-8,11H2,1H3,(H,19,21)/p+1/t16-/m1/s1. The molecule has 2 N–H and O–H groups in total. The number of hydrogen-bond donors (Lipinski definition) is 2. The second-order valence-corrected chi connectivity index (χ2v) is 8.40. The normalized spacial score (nSPS) is 17.0. The summed E-state index contributed by atoms with van der Waals surface area (Å²) in [7, 11) is 2.10. The minimum atomic E-state index is -0.164. The molecule has 3 rings (SSSR count). The Hall–Kier alpha value is -1.17. The Bertz CT molecular complexity index is 639. The highest BCUT2D eigenvalue weighted by Gasteiger charge is 2.33. The molecule has 1 aliphatic rings. The van der Waals surface area contributed by atoms with Gasteiger partial charge in [0.15, 0.2) is 6.04 Å². The van der Waals surface area contributed by atoms with Crippen LogP contribution in [0.1, 0.15) is 29.3 Å². The Kier molecular flexibility index (Phi) is 4.96. The molecule has 1 fully saturated rings. The first-order chi connectivity index (χ1) is 10.6. The lowest BCUT2D eigenvalue weighted by atomic mass is 10.0. The van der Waals surface area contributed by atoms with E-state index in [1.54, 1.807) is 11.3 Å². The number of rotatable bonds is 6. The molecular weight excluding hydrogens is 360 g/mol. The van der Waals surface area contributed by atoms with Gasteiger partial charge < -0.3 is 10.2 Å². The predicted molar refractivity (Wildman–Crippen MR) is 93.0 cm³/mol. The highest BCUT2D eigenvalue weighted by Crippen LogP contribution is 2.22. The number of carbonyl (C=O) groups is 1. The number of amides is 1. The zero-order valence-electron chi connectivity index (χ0n) is 12.5. The lowest BCUT2D eigenvalue weighted by molar-refractivity contribution is -0.915. The smallest absolute Gasteiger partial charge is 0.283 e. The summed E-state index contributed by atoms with van der Waals surface area (Å²) in [5, 5.41) is 3.16. The maximum Gasteiger partial charge on any atom is 0.283 e. The lowest BCUT2D eigenvalue weighted by Crippen LogP contribution is -3.09. The Morgan fingerprint density at radius 2 is 2.05 bits per heavy atom. The van der Waals surface area contributed by atoms with E-state index < -0.39 is 0 Å². The van der Waals surface area contributed by atoms with Crippen LogP contribution in [0.15, 0.2) is 46.3 Å². The van der Waals surface area contributed by atoms with Crippen LogP contribution in [0.25, 0.3) is 0 Å². The second kappa shape index (κ2) is 6.94. The first-order valence-electron chi connectivity index (χ1n) is 7.55. The quantitative estimate of drug-likeness (QED) is 0.794. The summed E-state index contributed by atoms with van der Waals surface area (Å²) >= 11 is 5.23. The van der Waals surface area contributed by atoms with Gasteiger partial charge in [0.25, 0.3) is 5.91 Å². The van der Waals surface area contributed by atoms with Gasteiger partial charge in [0, 0.05) is 11.6 Å². The van der Waals surface area contributed by atoms with Gasteiger partial charge in [-0.1, -0.05) is 30.3 Å². The molecule has 1 heterocycles. The Balaban J connectivity index is 1.78. The summed E-state index contributed by atoms with van der Waals surface area (Å²) in [5.74, 6) is 0.141. The van der Waals surface area contributed by atoms with Gasteiger partial charge in [-0.3, -0.25) is 4.79 Å². The van der Waals surface area contributed by atoms with E-state index in [0.29, 0.717) is 6.04 Å². The van der Waals surface area contributed by atoms with E-state index in [1.807, 2.05) is 30.3 Å². The number of likely N-dealkylation sites (N-methyl/N-ethyl adjacent to an activating group) is 1. The third-order valence-corrected chi connectivity index (χ3v) is 5.52. The Morgan fingerprint density at radius 1 is 1.32 bits per heavy atom. The second-order valence-electron chi connectivity index (χ2n) is 5.86. The van der Waals surface area contributed by atoms with E-state index in [-0.39, 0.29) is 11.9 Å². The predicted octanol–water partition coefficient (Wildman–Crippen LogP) is 2.55. The fraction of sp³-hybridized carbons (Fsp3) is 0.353. The van der Waals surface area contributed by atoms with Gasteiger partial charge in [-0.05, 0) is 40.9 Å². The molecule has 116 valence electrons. The maximum absolute atomic E-state index is 12.7. The van der Waals surface area contributed by atoms with Crippen molar-refractivity contribution < 1.29 is 9.69 Å². The molecule has 2 atom stereocenters. The van der Waals surface area contributed by atoms with Crippen molar-refractivity contribution in [2.45, 2.75) is 31.5 Å². The average Bonchev–Trinajstić information content (AvgIpc) is 3.21. The molecular formula is C17H20BrN2OS+. The van der Waals surface area contributed by atoms with Gasteiger partial charge >= 0.3 is 0 Å². The Labute approximate surface area is 143 Å². The first-order valence-corrected chi connectivity index (χ1v) is 9.16. The van der Waals surface area contributed by atoms with Gasteiger partial charge in [-0.15, -0.1) is 11.3 Å². The molecule has 1 amide bonds. The fourth-order valence-corrected chi connectivity index (χ4v) is 4.22. The summed E-state index contributed by atoms with van der Waals surface area (Å²) in [6.45, 7) is 0.841. The van der Waals surface area contributed by atoms with Crippen LogP contribution in [0, 0.1) is 0 Å². The Morgan fingerprint density at radius 3 is 2.64 bits per heavy atom.